The lowest BCUT2D eigenvalue weighted by molar-refractivity contribution is -0.156. The lowest BCUT2D eigenvalue weighted by Gasteiger charge is -2.25. The number of nitrogens with zero attached hydrogens (tertiary/aromatic N) is 1. The van der Waals surface area contributed by atoms with E-state index in [2.05, 4.69) is 0 Å². The molecule has 22 heavy (non-hydrogen) atoms. The average molecular weight is 317 g/mol. The van der Waals surface area contributed by atoms with Crippen LogP contribution in [0.5, 0.6) is 0 Å². The van der Waals surface area contributed by atoms with Gasteiger partial charge in [0.25, 0.3) is 5.91 Å². The number of carboxylic acid groups (broad SMARTS) is 1. The Bertz CT molecular complexity index is 411. The normalized spacial score (nSPS) is 12.6. The van der Waals surface area contributed by atoms with Gasteiger partial charge in [-0.05, 0) is 13.8 Å². The third-order valence-electron chi connectivity index (χ3n) is 2.74. The van der Waals surface area contributed by atoms with Gasteiger partial charge in [-0.1, -0.05) is 0 Å². The number of rotatable bonds is 10. The van der Waals surface area contributed by atoms with Gasteiger partial charge in [0.05, 0.1) is 13.2 Å². The maximum absolute atomic E-state index is 12.2. The molecule has 0 saturated heterocycles. The molecule has 0 radical (unpaired) electrons. The van der Waals surface area contributed by atoms with Crippen LogP contribution >= 0.6 is 0 Å². The molecule has 126 valence electrons. The van der Waals surface area contributed by atoms with Crippen molar-refractivity contribution in [3.63, 3.8) is 0 Å². The summed E-state index contributed by atoms with van der Waals surface area (Å²) in [5, 5.41) is 8.57. The van der Waals surface area contributed by atoms with Crippen molar-refractivity contribution in [2.75, 3.05) is 40.5 Å². The number of carbonyl (C=O) groups excluding carboxylic acids is 2. The van der Waals surface area contributed by atoms with Crippen molar-refractivity contribution in [1.82, 2.24) is 4.90 Å². The summed E-state index contributed by atoms with van der Waals surface area (Å²) in [5.74, 6) is -2.50. The van der Waals surface area contributed by atoms with Crippen LogP contribution in [0.4, 0.5) is 0 Å². The zero-order valence-corrected chi connectivity index (χ0v) is 13.3. The van der Waals surface area contributed by atoms with Crippen molar-refractivity contribution in [2.45, 2.75) is 20.0 Å². The SMILES string of the molecule is COCCN(CCOC)C(=O)[C@H](C)OC(=O)/C(C)=C/C(=O)O. The molecule has 0 aromatic heterocycles. The number of ether oxygens (including phenoxy) is 3. The minimum Gasteiger partial charge on any atom is -0.478 e. The van der Waals surface area contributed by atoms with E-state index in [-0.39, 0.29) is 5.57 Å². The first kappa shape index (κ1) is 20.1. The second kappa shape index (κ2) is 10.7. The van der Waals surface area contributed by atoms with Gasteiger partial charge in [0, 0.05) is 39.0 Å². The molecule has 1 atom stereocenters. The summed E-state index contributed by atoms with van der Waals surface area (Å²) in [7, 11) is 3.03. The van der Waals surface area contributed by atoms with Gasteiger partial charge in [-0.25, -0.2) is 9.59 Å². The molecule has 8 nitrogen and oxygen atoms in total. The number of methoxy groups -OCH3 is 2. The molecule has 0 saturated carbocycles. The van der Waals surface area contributed by atoms with Crippen LogP contribution in [0.3, 0.4) is 0 Å². The molecule has 0 aliphatic heterocycles. The van der Waals surface area contributed by atoms with E-state index < -0.39 is 23.9 Å². The Morgan fingerprint density at radius 1 is 1.14 bits per heavy atom. The molecule has 0 aromatic rings. The molecule has 0 fully saturated rings. The zero-order chi connectivity index (χ0) is 17.1. The quantitative estimate of drug-likeness (QED) is 0.449. The third-order valence-corrected chi connectivity index (χ3v) is 2.74. The number of hydrogen-bond acceptors (Lipinski definition) is 6. The van der Waals surface area contributed by atoms with Crippen LogP contribution in [0.25, 0.3) is 0 Å². The standard InChI is InChI=1S/C14H23NO7/c1-10(9-12(16)17)14(19)22-11(2)13(18)15(5-7-20-3)6-8-21-4/h9,11H,5-8H2,1-4H3,(H,16,17)/b10-9+/t11-/m0/s1. The second-order valence-electron chi connectivity index (χ2n) is 4.52. The first-order valence-corrected chi connectivity index (χ1v) is 6.72. The fourth-order valence-electron chi connectivity index (χ4n) is 1.54. The number of esters is 1. The Balaban J connectivity index is 4.70. The van der Waals surface area contributed by atoms with Crippen molar-refractivity contribution < 1.29 is 33.7 Å². The van der Waals surface area contributed by atoms with Gasteiger partial charge < -0.3 is 24.2 Å². The van der Waals surface area contributed by atoms with E-state index in [1.54, 1.807) is 0 Å². The maximum atomic E-state index is 12.2. The fraction of sp³-hybridized carbons (Fsp3) is 0.643. The topological polar surface area (TPSA) is 102 Å². The average Bonchev–Trinajstić information content (AvgIpc) is 2.45. The summed E-state index contributed by atoms with van der Waals surface area (Å²) >= 11 is 0. The summed E-state index contributed by atoms with van der Waals surface area (Å²) in [6, 6.07) is 0. The van der Waals surface area contributed by atoms with Gasteiger partial charge in [0.15, 0.2) is 6.10 Å². The van der Waals surface area contributed by atoms with Crippen molar-refractivity contribution in [3.8, 4) is 0 Å². The van der Waals surface area contributed by atoms with Crippen LogP contribution in [0.1, 0.15) is 13.8 Å². The van der Waals surface area contributed by atoms with Gasteiger partial charge in [-0.2, -0.15) is 0 Å². The predicted octanol–water partition coefficient (Wildman–Crippen LogP) is 0.0704. The highest BCUT2D eigenvalue weighted by molar-refractivity contribution is 5.96. The van der Waals surface area contributed by atoms with Gasteiger partial charge in [0.2, 0.25) is 0 Å². The highest BCUT2D eigenvalue weighted by atomic mass is 16.5. The summed E-state index contributed by atoms with van der Waals surface area (Å²) < 4.78 is 14.8. The van der Waals surface area contributed by atoms with E-state index in [1.807, 2.05) is 0 Å². The predicted molar refractivity (Wildman–Crippen MR) is 77.3 cm³/mol. The van der Waals surface area contributed by atoms with Gasteiger partial charge >= 0.3 is 11.9 Å². The first-order valence-electron chi connectivity index (χ1n) is 6.72. The molecule has 0 heterocycles. The lowest BCUT2D eigenvalue weighted by Crippen LogP contribution is -2.43. The maximum Gasteiger partial charge on any atom is 0.334 e. The van der Waals surface area contributed by atoms with Crippen LogP contribution in [0.15, 0.2) is 11.6 Å². The molecule has 1 amide bonds. The Kier molecular flexibility index (Phi) is 9.80. The monoisotopic (exact) mass is 317 g/mol. The lowest BCUT2D eigenvalue weighted by atomic mass is 10.2. The molecule has 8 heteroatoms. The molecule has 0 unspecified atom stereocenters. The number of amides is 1. The van der Waals surface area contributed by atoms with E-state index in [4.69, 9.17) is 19.3 Å². The van der Waals surface area contributed by atoms with Crippen LogP contribution in [-0.4, -0.2) is 74.5 Å². The Labute approximate surface area is 129 Å². The van der Waals surface area contributed by atoms with Crippen LogP contribution < -0.4 is 0 Å². The number of carbonyl (C=O) groups is 3. The molecule has 0 aliphatic rings. The zero-order valence-electron chi connectivity index (χ0n) is 13.3. The first-order chi connectivity index (χ1) is 10.3. The van der Waals surface area contributed by atoms with Crippen LogP contribution in [0, 0.1) is 0 Å². The largest absolute Gasteiger partial charge is 0.478 e. The smallest absolute Gasteiger partial charge is 0.334 e. The van der Waals surface area contributed by atoms with Crippen molar-refractivity contribution in [1.29, 1.82) is 0 Å². The summed E-state index contributed by atoms with van der Waals surface area (Å²) in [4.78, 5) is 35.9. The summed E-state index contributed by atoms with van der Waals surface area (Å²) in [6.07, 6.45) is -0.300. The molecular formula is C14H23NO7. The second-order valence-corrected chi connectivity index (χ2v) is 4.52. The molecule has 0 aliphatic carbocycles. The fourth-order valence-corrected chi connectivity index (χ4v) is 1.54. The molecule has 0 aromatic carbocycles. The van der Waals surface area contributed by atoms with Crippen LogP contribution in [0.2, 0.25) is 0 Å². The van der Waals surface area contributed by atoms with E-state index in [0.717, 1.165) is 6.08 Å². The highest BCUT2D eigenvalue weighted by Gasteiger charge is 2.24. The number of aliphatic carboxylic acids is 1. The molecular weight excluding hydrogens is 294 g/mol. The van der Waals surface area contributed by atoms with E-state index in [1.165, 1.54) is 33.0 Å². The Morgan fingerprint density at radius 2 is 1.64 bits per heavy atom. The number of carboxylic acids is 1. The minimum atomic E-state index is -1.25. The van der Waals surface area contributed by atoms with E-state index in [9.17, 15) is 14.4 Å². The van der Waals surface area contributed by atoms with Gasteiger partial charge in [-0.3, -0.25) is 4.79 Å². The Morgan fingerprint density at radius 3 is 2.05 bits per heavy atom. The van der Waals surface area contributed by atoms with Gasteiger partial charge in [0.1, 0.15) is 0 Å². The molecule has 0 spiro atoms. The molecule has 0 rings (SSSR count). The van der Waals surface area contributed by atoms with Crippen LogP contribution in [-0.2, 0) is 28.6 Å². The van der Waals surface area contributed by atoms with Gasteiger partial charge in [-0.15, -0.1) is 0 Å². The Hall–Kier alpha value is -1.93. The van der Waals surface area contributed by atoms with E-state index in [0.29, 0.717) is 26.3 Å². The molecule has 1 N–H and O–H groups in total. The van der Waals surface area contributed by atoms with Crippen molar-refractivity contribution in [3.05, 3.63) is 11.6 Å². The van der Waals surface area contributed by atoms with E-state index >= 15 is 0 Å². The minimum absolute atomic E-state index is 0.0903. The number of hydrogen-bond donors (Lipinski definition) is 1. The van der Waals surface area contributed by atoms with Crippen molar-refractivity contribution >= 4 is 17.8 Å². The summed E-state index contributed by atoms with van der Waals surface area (Å²) in [6.45, 7) is 4.10. The summed E-state index contributed by atoms with van der Waals surface area (Å²) in [5.41, 5.74) is -0.0903. The highest BCUT2D eigenvalue weighted by Crippen LogP contribution is 2.05. The molecule has 0 bridgehead atoms. The van der Waals surface area contributed by atoms with Crippen molar-refractivity contribution in [2.24, 2.45) is 0 Å². The third kappa shape index (κ3) is 7.75.